The first-order chi connectivity index (χ1) is 8.15. The van der Waals surface area contributed by atoms with Crippen LogP contribution in [0.2, 0.25) is 5.02 Å². The molecule has 2 N–H and O–H groups in total. The van der Waals surface area contributed by atoms with Crippen molar-refractivity contribution in [3.05, 3.63) is 41.2 Å². The molecule has 2 rings (SSSR count). The Morgan fingerprint density at radius 1 is 1.41 bits per heavy atom. The number of methoxy groups -OCH3 is 1. The van der Waals surface area contributed by atoms with Crippen molar-refractivity contribution in [1.82, 2.24) is 4.98 Å². The molecule has 2 aromatic rings. The molecule has 4 nitrogen and oxygen atoms in total. The van der Waals surface area contributed by atoms with E-state index < -0.39 is 5.97 Å². The molecule has 0 saturated carbocycles. The molecular weight excluding hydrogens is 242 g/mol. The lowest BCUT2D eigenvalue weighted by molar-refractivity contribution is 0.0698. The van der Waals surface area contributed by atoms with Crippen LogP contribution in [0.5, 0.6) is 5.75 Å². The molecule has 0 aliphatic rings. The highest BCUT2D eigenvalue weighted by atomic mass is 35.5. The van der Waals surface area contributed by atoms with Crippen LogP contribution in [0.15, 0.2) is 30.6 Å². The third-order valence-corrected chi connectivity index (χ3v) is 2.76. The molecule has 0 aliphatic heterocycles. The lowest BCUT2D eigenvalue weighted by atomic mass is 10.0. The van der Waals surface area contributed by atoms with Gasteiger partial charge in [-0.2, -0.15) is 0 Å². The van der Waals surface area contributed by atoms with Crippen LogP contribution in [0.25, 0.3) is 11.1 Å². The fourth-order valence-corrected chi connectivity index (χ4v) is 1.95. The summed E-state index contributed by atoms with van der Waals surface area (Å²) in [6, 6.07) is 5.18. The number of nitrogens with one attached hydrogen (secondary N) is 1. The Kier molecular flexibility index (Phi) is 3.06. The summed E-state index contributed by atoms with van der Waals surface area (Å²) in [6.07, 6.45) is 3.01. The molecule has 0 unspecified atom stereocenters. The molecule has 0 bridgehead atoms. The maximum Gasteiger partial charge on any atom is 0.337 e. The van der Waals surface area contributed by atoms with E-state index in [1.165, 1.54) is 13.3 Å². The molecule has 5 heteroatoms. The van der Waals surface area contributed by atoms with Gasteiger partial charge in [0.25, 0.3) is 0 Å². The number of carboxylic acid groups (broad SMARTS) is 1. The standard InChI is InChI=1S/C12H10ClNO3/c1-17-10-4-2-3-9(13)11(10)7-5-14-6-8(7)12(15)16/h2-6,14H,1H3,(H,15,16). The SMILES string of the molecule is COc1cccc(Cl)c1-c1c[nH]cc1C(=O)O. The van der Waals surface area contributed by atoms with Crippen molar-refractivity contribution in [2.45, 2.75) is 0 Å². The zero-order valence-electron chi connectivity index (χ0n) is 9.03. The van der Waals surface area contributed by atoms with Crippen molar-refractivity contribution >= 4 is 17.6 Å². The summed E-state index contributed by atoms with van der Waals surface area (Å²) in [7, 11) is 1.52. The Hall–Kier alpha value is -1.94. The predicted molar refractivity (Wildman–Crippen MR) is 64.8 cm³/mol. The number of aromatic amines is 1. The van der Waals surface area contributed by atoms with Crippen LogP contribution < -0.4 is 4.74 Å². The molecule has 1 aromatic heterocycles. The van der Waals surface area contributed by atoms with E-state index in [1.54, 1.807) is 24.4 Å². The van der Waals surface area contributed by atoms with E-state index in [1.807, 2.05) is 0 Å². The number of aromatic carboxylic acids is 1. The van der Waals surface area contributed by atoms with E-state index in [-0.39, 0.29) is 5.56 Å². The molecule has 0 saturated heterocycles. The first-order valence-electron chi connectivity index (χ1n) is 4.88. The molecule has 0 atom stereocenters. The number of halogens is 1. The van der Waals surface area contributed by atoms with Gasteiger partial charge in [0.1, 0.15) is 5.75 Å². The summed E-state index contributed by atoms with van der Waals surface area (Å²) in [4.78, 5) is 13.8. The van der Waals surface area contributed by atoms with E-state index in [0.717, 1.165) is 0 Å². The van der Waals surface area contributed by atoms with Gasteiger partial charge in [-0.3, -0.25) is 0 Å². The van der Waals surface area contributed by atoms with E-state index in [0.29, 0.717) is 21.9 Å². The van der Waals surface area contributed by atoms with Crippen molar-refractivity contribution in [3.8, 4) is 16.9 Å². The van der Waals surface area contributed by atoms with Crippen molar-refractivity contribution in [1.29, 1.82) is 0 Å². The van der Waals surface area contributed by atoms with Gasteiger partial charge in [0.2, 0.25) is 0 Å². The lowest BCUT2D eigenvalue weighted by Crippen LogP contribution is -1.97. The molecule has 0 aliphatic carbocycles. The maximum absolute atomic E-state index is 11.1. The number of hydrogen-bond donors (Lipinski definition) is 2. The fraction of sp³-hybridized carbons (Fsp3) is 0.0833. The summed E-state index contributed by atoms with van der Waals surface area (Å²) >= 11 is 6.09. The van der Waals surface area contributed by atoms with Gasteiger partial charge < -0.3 is 14.8 Å². The second-order valence-electron chi connectivity index (χ2n) is 3.40. The number of carbonyl (C=O) groups is 1. The maximum atomic E-state index is 11.1. The third-order valence-electron chi connectivity index (χ3n) is 2.44. The molecule has 1 heterocycles. The monoisotopic (exact) mass is 251 g/mol. The van der Waals surface area contributed by atoms with E-state index in [2.05, 4.69) is 4.98 Å². The summed E-state index contributed by atoms with van der Waals surface area (Å²) in [5, 5.41) is 9.52. The number of benzene rings is 1. The van der Waals surface area contributed by atoms with Crippen LogP contribution in [0, 0.1) is 0 Å². The summed E-state index contributed by atoms with van der Waals surface area (Å²) < 4.78 is 5.19. The van der Waals surface area contributed by atoms with Gasteiger partial charge in [0.15, 0.2) is 0 Å². The molecule has 0 fully saturated rings. The van der Waals surface area contributed by atoms with Gasteiger partial charge in [-0.05, 0) is 12.1 Å². The van der Waals surface area contributed by atoms with Crippen molar-refractivity contribution < 1.29 is 14.6 Å². The zero-order chi connectivity index (χ0) is 12.4. The van der Waals surface area contributed by atoms with Crippen molar-refractivity contribution in [2.24, 2.45) is 0 Å². The number of ether oxygens (including phenoxy) is 1. The van der Waals surface area contributed by atoms with Gasteiger partial charge in [-0.15, -0.1) is 0 Å². The molecule has 88 valence electrons. The largest absolute Gasteiger partial charge is 0.496 e. The van der Waals surface area contributed by atoms with Gasteiger partial charge in [0.05, 0.1) is 17.7 Å². The third kappa shape index (κ3) is 1.99. The second kappa shape index (κ2) is 4.51. The van der Waals surface area contributed by atoms with Crippen molar-refractivity contribution in [3.63, 3.8) is 0 Å². The summed E-state index contributed by atoms with van der Waals surface area (Å²) in [5.41, 5.74) is 1.26. The Bertz CT molecular complexity index is 563. The summed E-state index contributed by atoms with van der Waals surface area (Å²) in [6.45, 7) is 0. The molecule has 17 heavy (non-hydrogen) atoms. The van der Waals surface area contributed by atoms with Crippen LogP contribution in [-0.2, 0) is 0 Å². The topological polar surface area (TPSA) is 62.3 Å². The molecule has 1 aromatic carbocycles. The molecule has 0 spiro atoms. The Labute approximate surface area is 103 Å². The minimum Gasteiger partial charge on any atom is -0.496 e. The number of rotatable bonds is 3. The van der Waals surface area contributed by atoms with Crippen LogP contribution in [0.3, 0.4) is 0 Å². The highest BCUT2D eigenvalue weighted by molar-refractivity contribution is 6.34. The van der Waals surface area contributed by atoms with Crippen molar-refractivity contribution in [2.75, 3.05) is 7.11 Å². The smallest absolute Gasteiger partial charge is 0.337 e. The minimum atomic E-state index is -1.01. The second-order valence-corrected chi connectivity index (χ2v) is 3.81. The Morgan fingerprint density at radius 3 is 2.82 bits per heavy atom. The fourth-order valence-electron chi connectivity index (χ4n) is 1.68. The van der Waals surface area contributed by atoms with E-state index in [9.17, 15) is 4.79 Å². The average molecular weight is 252 g/mol. The first kappa shape index (κ1) is 11.5. The minimum absolute atomic E-state index is 0.163. The predicted octanol–water partition coefficient (Wildman–Crippen LogP) is 3.04. The number of carboxylic acids is 1. The number of H-pyrrole nitrogens is 1. The molecular formula is C12H10ClNO3. The van der Waals surface area contributed by atoms with Crippen LogP contribution >= 0.6 is 11.6 Å². The zero-order valence-corrected chi connectivity index (χ0v) is 9.78. The summed E-state index contributed by atoms with van der Waals surface area (Å²) in [5.74, 6) is -0.470. The van der Waals surface area contributed by atoms with Crippen LogP contribution in [-0.4, -0.2) is 23.2 Å². The normalized spacial score (nSPS) is 10.2. The van der Waals surface area contributed by atoms with Gasteiger partial charge in [-0.1, -0.05) is 17.7 Å². The van der Waals surface area contributed by atoms with Gasteiger partial charge >= 0.3 is 5.97 Å². The van der Waals surface area contributed by atoms with E-state index >= 15 is 0 Å². The van der Waals surface area contributed by atoms with Gasteiger partial charge in [-0.25, -0.2) is 4.79 Å². The Balaban J connectivity index is 2.68. The van der Waals surface area contributed by atoms with Crippen LogP contribution in [0.1, 0.15) is 10.4 Å². The lowest BCUT2D eigenvalue weighted by Gasteiger charge is -2.09. The molecule has 0 amide bonds. The number of aromatic nitrogens is 1. The number of hydrogen-bond acceptors (Lipinski definition) is 2. The average Bonchev–Trinajstić information content (AvgIpc) is 2.77. The van der Waals surface area contributed by atoms with Crippen LogP contribution in [0.4, 0.5) is 0 Å². The first-order valence-corrected chi connectivity index (χ1v) is 5.26. The highest BCUT2D eigenvalue weighted by Gasteiger charge is 2.18. The Morgan fingerprint density at radius 2 is 2.18 bits per heavy atom. The van der Waals surface area contributed by atoms with Gasteiger partial charge in [0, 0.05) is 23.5 Å². The molecule has 0 radical (unpaired) electrons. The van der Waals surface area contributed by atoms with E-state index in [4.69, 9.17) is 21.4 Å². The highest BCUT2D eigenvalue weighted by Crippen LogP contribution is 2.37. The quantitative estimate of drug-likeness (QED) is 0.881.